The van der Waals surface area contributed by atoms with Crippen molar-refractivity contribution in [3.8, 4) is 5.75 Å². The number of nitrogens with zero attached hydrogens (tertiary/aromatic N) is 2. The molecule has 0 bridgehead atoms. The summed E-state index contributed by atoms with van der Waals surface area (Å²) in [5.74, 6) is -0.0107. The van der Waals surface area contributed by atoms with Crippen molar-refractivity contribution in [2.24, 2.45) is 5.10 Å². The second-order valence-corrected chi connectivity index (χ2v) is 6.40. The van der Waals surface area contributed by atoms with Gasteiger partial charge in [0.2, 0.25) is 0 Å². The monoisotopic (exact) mass is 481 g/mol. The number of rotatable bonds is 4. The van der Waals surface area contributed by atoms with Crippen LogP contribution in [0.3, 0.4) is 0 Å². The smallest absolute Gasteiger partial charge is 0.416 e. The molecule has 132 valence electrons. The van der Waals surface area contributed by atoms with Crippen molar-refractivity contribution in [3.05, 3.63) is 60.5 Å². The number of hydrogen-bond acceptors (Lipinski definition) is 5. The maximum atomic E-state index is 12.6. The van der Waals surface area contributed by atoms with Crippen LogP contribution in [0.5, 0.6) is 5.75 Å². The molecule has 6 nitrogen and oxygen atoms in total. The zero-order valence-corrected chi connectivity index (χ0v) is 15.2. The van der Waals surface area contributed by atoms with Crippen molar-refractivity contribution in [3.63, 3.8) is 0 Å². The van der Waals surface area contributed by atoms with Crippen LogP contribution >= 0.6 is 31.9 Å². The Bertz CT molecular complexity index is 834. The summed E-state index contributed by atoms with van der Waals surface area (Å²) in [5, 5.41) is 24.3. The first kappa shape index (κ1) is 19.2. The van der Waals surface area contributed by atoms with E-state index in [1.54, 1.807) is 0 Å². The molecule has 0 unspecified atom stereocenters. The number of hydrogen-bond donors (Lipinski definition) is 2. The minimum atomic E-state index is -4.68. The summed E-state index contributed by atoms with van der Waals surface area (Å²) in [6, 6.07) is 5.16. The van der Waals surface area contributed by atoms with Crippen LogP contribution in [0.25, 0.3) is 0 Å². The standard InChI is InChI=1S/C14H8Br2F3N3O3/c15-9-3-7(4-10(16)13(9)23)6-20-21-11-2-1-8(14(17,18)19)5-12(11)22(24)25/h1-6,21,23H/b20-6-. The van der Waals surface area contributed by atoms with Gasteiger partial charge in [0, 0.05) is 6.07 Å². The van der Waals surface area contributed by atoms with Crippen molar-refractivity contribution in [1.29, 1.82) is 0 Å². The molecule has 0 atom stereocenters. The van der Waals surface area contributed by atoms with Crippen LogP contribution in [-0.4, -0.2) is 16.2 Å². The molecular formula is C14H8Br2F3N3O3. The van der Waals surface area contributed by atoms with Crippen molar-refractivity contribution < 1.29 is 23.2 Å². The van der Waals surface area contributed by atoms with Crippen molar-refractivity contribution in [2.45, 2.75) is 6.18 Å². The molecule has 2 aromatic rings. The number of nitro benzene ring substituents is 1. The van der Waals surface area contributed by atoms with Gasteiger partial charge >= 0.3 is 6.18 Å². The van der Waals surface area contributed by atoms with Crippen LogP contribution in [-0.2, 0) is 6.18 Å². The lowest BCUT2D eigenvalue weighted by molar-refractivity contribution is -0.384. The average molecular weight is 483 g/mol. The van der Waals surface area contributed by atoms with Crippen LogP contribution < -0.4 is 5.43 Å². The van der Waals surface area contributed by atoms with E-state index in [1.165, 1.54) is 18.3 Å². The highest BCUT2D eigenvalue weighted by atomic mass is 79.9. The summed E-state index contributed by atoms with van der Waals surface area (Å²) in [5.41, 5.74) is 0.806. The molecule has 0 heterocycles. The number of anilines is 1. The Hall–Kier alpha value is -2.14. The van der Waals surface area contributed by atoms with Gasteiger partial charge < -0.3 is 5.11 Å². The number of halogens is 5. The van der Waals surface area contributed by atoms with E-state index in [0.29, 0.717) is 20.6 Å². The lowest BCUT2D eigenvalue weighted by Gasteiger charge is -2.08. The number of alkyl halides is 3. The SMILES string of the molecule is O=[N+]([O-])c1cc(C(F)(F)F)ccc1N/N=C\c1cc(Br)c(O)c(Br)c1. The van der Waals surface area contributed by atoms with Gasteiger partial charge in [-0.1, -0.05) is 0 Å². The molecule has 0 radical (unpaired) electrons. The van der Waals surface area contributed by atoms with Gasteiger partial charge in [-0.3, -0.25) is 15.5 Å². The highest BCUT2D eigenvalue weighted by Crippen LogP contribution is 2.35. The topological polar surface area (TPSA) is 87.8 Å². The summed E-state index contributed by atoms with van der Waals surface area (Å²) in [6.45, 7) is 0. The Balaban J connectivity index is 2.27. The fourth-order valence-corrected chi connectivity index (χ4v) is 3.01. The van der Waals surface area contributed by atoms with Crippen LogP contribution in [0.15, 0.2) is 44.4 Å². The van der Waals surface area contributed by atoms with E-state index in [4.69, 9.17) is 0 Å². The lowest BCUT2D eigenvalue weighted by atomic mass is 10.1. The molecule has 0 saturated heterocycles. The molecule has 2 aromatic carbocycles. The molecule has 0 amide bonds. The number of nitro groups is 1. The number of phenolic OH excluding ortho intramolecular Hbond substituents is 1. The van der Waals surface area contributed by atoms with Gasteiger partial charge in [-0.05, 0) is 61.7 Å². The number of phenols is 1. The van der Waals surface area contributed by atoms with E-state index in [1.807, 2.05) is 0 Å². The maximum Gasteiger partial charge on any atom is 0.416 e. The van der Waals surface area contributed by atoms with Gasteiger partial charge in [0.1, 0.15) is 11.4 Å². The zero-order chi connectivity index (χ0) is 18.8. The maximum absolute atomic E-state index is 12.6. The molecule has 0 aromatic heterocycles. The van der Waals surface area contributed by atoms with E-state index < -0.39 is 22.4 Å². The quantitative estimate of drug-likeness (QED) is 0.352. The Morgan fingerprint density at radius 3 is 2.32 bits per heavy atom. The van der Waals surface area contributed by atoms with Gasteiger partial charge in [-0.2, -0.15) is 18.3 Å². The van der Waals surface area contributed by atoms with Crippen LogP contribution in [0, 0.1) is 10.1 Å². The highest BCUT2D eigenvalue weighted by Gasteiger charge is 2.33. The summed E-state index contributed by atoms with van der Waals surface area (Å²) in [4.78, 5) is 10.0. The molecule has 25 heavy (non-hydrogen) atoms. The normalized spacial score (nSPS) is 11.7. The minimum Gasteiger partial charge on any atom is -0.506 e. The first-order valence-corrected chi connectivity index (χ1v) is 8.01. The van der Waals surface area contributed by atoms with E-state index in [0.717, 1.165) is 12.1 Å². The predicted octanol–water partition coefficient (Wildman–Crippen LogP) is 5.29. The second-order valence-electron chi connectivity index (χ2n) is 4.69. The van der Waals surface area contributed by atoms with E-state index >= 15 is 0 Å². The molecule has 2 N–H and O–H groups in total. The number of hydrazone groups is 1. The Morgan fingerprint density at radius 2 is 1.80 bits per heavy atom. The van der Waals surface area contributed by atoms with Gasteiger partial charge in [0.05, 0.1) is 25.6 Å². The van der Waals surface area contributed by atoms with E-state index in [9.17, 15) is 28.4 Å². The molecule has 0 saturated carbocycles. The van der Waals surface area contributed by atoms with Crippen molar-refractivity contribution in [1.82, 2.24) is 0 Å². The third-order valence-electron chi connectivity index (χ3n) is 2.96. The third-order valence-corrected chi connectivity index (χ3v) is 4.17. The fourth-order valence-electron chi connectivity index (χ4n) is 1.79. The molecule has 2 rings (SSSR count). The molecule has 0 aliphatic carbocycles. The van der Waals surface area contributed by atoms with Gasteiger partial charge in [0.25, 0.3) is 5.69 Å². The number of nitrogens with one attached hydrogen (secondary N) is 1. The first-order valence-electron chi connectivity index (χ1n) is 6.42. The van der Waals surface area contributed by atoms with Crippen molar-refractivity contribution in [2.75, 3.05) is 5.43 Å². The molecule has 0 aliphatic heterocycles. The largest absolute Gasteiger partial charge is 0.506 e. The summed E-state index contributed by atoms with van der Waals surface area (Å²) < 4.78 is 38.7. The average Bonchev–Trinajstić information content (AvgIpc) is 2.51. The van der Waals surface area contributed by atoms with Crippen LogP contribution in [0.2, 0.25) is 0 Å². The van der Waals surface area contributed by atoms with E-state index in [-0.39, 0.29) is 11.4 Å². The first-order chi connectivity index (χ1) is 11.6. The molecule has 0 fully saturated rings. The number of benzene rings is 2. The van der Waals surface area contributed by atoms with E-state index in [2.05, 4.69) is 42.4 Å². The number of aromatic hydroxyl groups is 1. The summed E-state index contributed by atoms with van der Waals surface area (Å²) in [6.07, 6.45) is -3.40. The Kier molecular flexibility index (Phi) is 5.68. The Labute approximate surface area is 155 Å². The van der Waals surface area contributed by atoms with Gasteiger partial charge in [0.15, 0.2) is 0 Å². The zero-order valence-electron chi connectivity index (χ0n) is 12.0. The Morgan fingerprint density at radius 1 is 1.20 bits per heavy atom. The molecule has 11 heteroatoms. The third kappa shape index (κ3) is 4.69. The van der Waals surface area contributed by atoms with Crippen molar-refractivity contribution >= 4 is 49.4 Å². The summed E-state index contributed by atoms with van der Waals surface area (Å²) >= 11 is 6.27. The van der Waals surface area contributed by atoms with Crippen LogP contribution in [0.1, 0.15) is 11.1 Å². The van der Waals surface area contributed by atoms with Crippen LogP contribution in [0.4, 0.5) is 24.5 Å². The minimum absolute atomic E-state index is 0.0107. The second kappa shape index (κ2) is 7.40. The molecule has 0 spiro atoms. The molecule has 0 aliphatic rings. The lowest BCUT2D eigenvalue weighted by Crippen LogP contribution is -2.06. The summed E-state index contributed by atoms with van der Waals surface area (Å²) in [7, 11) is 0. The predicted molar refractivity (Wildman–Crippen MR) is 92.8 cm³/mol. The molecular weight excluding hydrogens is 475 g/mol. The fraction of sp³-hybridized carbons (Fsp3) is 0.0714. The van der Waals surface area contributed by atoms with Gasteiger partial charge in [-0.15, -0.1) is 0 Å². The van der Waals surface area contributed by atoms with Gasteiger partial charge in [-0.25, -0.2) is 0 Å². The highest BCUT2D eigenvalue weighted by molar-refractivity contribution is 9.11.